The van der Waals surface area contributed by atoms with Crippen LogP contribution in [0.4, 0.5) is 0 Å². The predicted octanol–water partition coefficient (Wildman–Crippen LogP) is 3.05. The Labute approximate surface area is 137 Å². The van der Waals surface area contributed by atoms with Crippen molar-refractivity contribution < 1.29 is 4.79 Å². The third kappa shape index (κ3) is 3.98. The van der Waals surface area contributed by atoms with Gasteiger partial charge in [-0.15, -0.1) is 23.0 Å². The Morgan fingerprint density at radius 1 is 1.59 bits per heavy atom. The highest BCUT2D eigenvalue weighted by Crippen LogP contribution is 2.38. The van der Waals surface area contributed by atoms with E-state index < -0.39 is 0 Å². The van der Waals surface area contributed by atoms with Gasteiger partial charge in [-0.3, -0.25) is 9.89 Å². The lowest BCUT2D eigenvalue weighted by molar-refractivity contribution is -0.128. The van der Waals surface area contributed by atoms with E-state index in [1.165, 1.54) is 29.5 Å². The number of amides is 1. The van der Waals surface area contributed by atoms with Gasteiger partial charge in [0.2, 0.25) is 11.1 Å². The van der Waals surface area contributed by atoms with Gasteiger partial charge < -0.3 is 4.90 Å². The van der Waals surface area contributed by atoms with Gasteiger partial charge in [-0.05, 0) is 24.3 Å². The van der Waals surface area contributed by atoms with Crippen molar-refractivity contribution in [2.24, 2.45) is 0 Å². The molecule has 1 amide bonds. The molecule has 1 saturated carbocycles. The Hall–Kier alpha value is -1.60. The standard InChI is InChI=1S/C15H18N4OS2/c1-2-7-19(9-12-4-3-8-21-12)13(20)10-22-15-16-14(17-18-15)11-5-6-11/h2-4,8,11H,1,5-7,9-10H2,(H,16,17,18). The highest BCUT2D eigenvalue weighted by Gasteiger charge is 2.27. The molecule has 1 fully saturated rings. The molecule has 116 valence electrons. The summed E-state index contributed by atoms with van der Waals surface area (Å²) in [5.41, 5.74) is 0. The van der Waals surface area contributed by atoms with Crippen molar-refractivity contribution in [2.75, 3.05) is 12.3 Å². The fourth-order valence-corrected chi connectivity index (χ4v) is 3.51. The van der Waals surface area contributed by atoms with Gasteiger partial charge in [0.25, 0.3) is 0 Å². The minimum absolute atomic E-state index is 0.0797. The summed E-state index contributed by atoms with van der Waals surface area (Å²) in [7, 11) is 0. The maximum absolute atomic E-state index is 12.4. The molecule has 0 atom stereocenters. The third-order valence-electron chi connectivity index (χ3n) is 3.40. The number of H-pyrrole nitrogens is 1. The number of aromatic amines is 1. The molecule has 3 rings (SSSR count). The molecule has 1 aliphatic carbocycles. The number of nitrogens with one attached hydrogen (secondary N) is 1. The van der Waals surface area contributed by atoms with Crippen LogP contribution in [0.3, 0.4) is 0 Å². The predicted molar refractivity (Wildman–Crippen MR) is 89.0 cm³/mol. The highest BCUT2D eigenvalue weighted by atomic mass is 32.2. The van der Waals surface area contributed by atoms with Crippen LogP contribution in [-0.2, 0) is 11.3 Å². The van der Waals surface area contributed by atoms with Gasteiger partial charge in [-0.1, -0.05) is 23.9 Å². The molecule has 7 heteroatoms. The topological polar surface area (TPSA) is 61.9 Å². The summed E-state index contributed by atoms with van der Waals surface area (Å²) in [5.74, 6) is 1.93. The first-order valence-electron chi connectivity index (χ1n) is 7.22. The Morgan fingerprint density at radius 3 is 3.14 bits per heavy atom. The first kappa shape index (κ1) is 15.3. The van der Waals surface area contributed by atoms with Crippen molar-refractivity contribution in [3.63, 3.8) is 0 Å². The molecule has 2 heterocycles. The molecule has 0 radical (unpaired) electrons. The quantitative estimate of drug-likeness (QED) is 0.595. The van der Waals surface area contributed by atoms with Crippen LogP contribution in [0.15, 0.2) is 35.3 Å². The summed E-state index contributed by atoms with van der Waals surface area (Å²) in [6.07, 6.45) is 4.13. The molecule has 0 aliphatic heterocycles. The summed E-state index contributed by atoms with van der Waals surface area (Å²) >= 11 is 3.04. The van der Waals surface area contributed by atoms with Gasteiger partial charge in [0.05, 0.1) is 12.3 Å². The molecule has 0 unspecified atom stereocenters. The Kier molecular flexibility index (Phi) is 4.94. The number of thiophene rings is 1. The van der Waals surface area contributed by atoms with Crippen LogP contribution in [0.5, 0.6) is 0 Å². The van der Waals surface area contributed by atoms with Gasteiger partial charge in [0.1, 0.15) is 5.82 Å². The van der Waals surface area contributed by atoms with E-state index in [9.17, 15) is 4.79 Å². The maximum atomic E-state index is 12.4. The zero-order valence-electron chi connectivity index (χ0n) is 12.2. The first-order chi connectivity index (χ1) is 10.8. The minimum atomic E-state index is 0.0797. The highest BCUT2D eigenvalue weighted by molar-refractivity contribution is 7.99. The second-order valence-electron chi connectivity index (χ2n) is 5.21. The van der Waals surface area contributed by atoms with Crippen LogP contribution in [0.2, 0.25) is 0 Å². The second kappa shape index (κ2) is 7.11. The summed E-state index contributed by atoms with van der Waals surface area (Å²) in [5, 5.41) is 9.81. The monoisotopic (exact) mass is 334 g/mol. The average Bonchev–Trinajstić information content (AvgIpc) is 3.05. The smallest absolute Gasteiger partial charge is 0.233 e. The van der Waals surface area contributed by atoms with E-state index in [1.807, 2.05) is 17.5 Å². The van der Waals surface area contributed by atoms with Crippen LogP contribution < -0.4 is 0 Å². The number of rotatable bonds is 8. The molecular formula is C15H18N4OS2. The van der Waals surface area contributed by atoms with Gasteiger partial charge in [-0.25, -0.2) is 4.98 Å². The van der Waals surface area contributed by atoms with Crippen molar-refractivity contribution in [2.45, 2.75) is 30.5 Å². The van der Waals surface area contributed by atoms with Crippen LogP contribution in [0, 0.1) is 0 Å². The Morgan fingerprint density at radius 2 is 2.45 bits per heavy atom. The fraction of sp³-hybridized carbons (Fsp3) is 0.400. The maximum Gasteiger partial charge on any atom is 0.233 e. The van der Waals surface area contributed by atoms with Gasteiger partial charge in [-0.2, -0.15) is 0 Å². The van der Waals surface area contributed by atoms with Gasteiger partial charge in [0, 0.05) is 17.3 Å². The number of nitrogens with zero attached hydrogens (tertiary/aromatic N) is 3. The van der Waals surface area contributed by atoms with E-state index >= 15 is 0 Å². The van der Waals surface area contributed by atoms with E-state index in [0.29, 0.717) is 29.9 Å². The van der Waals surface area contributed by atoms with Crippen molar-refractivity contribution in [3.8, 4) is 0 Å². The minimum Gasteiger partial charge on any atom is -0.333 e. The molecule has 1 N–H and O–H groups in total. The van der Waals surface area contributed by atoms with Crippen LogP contribution in [0.1, 0.15) is 29.5 Å². The molecule has 0 spiro atoms. The number of thioether (sulfide) groups is 1. The summed E-state index contributed by atoms with van der Waals surface area (Å²) in [6.45, 7) is 4.92. The van der Waals surface area contributed by atoms with E-state index in [1.54, 1.807) is 22.3 Å². The first-order valence-corrected chi connectivity index (χ1v) is 9.09. The zero-order chi connectivity index (χ0) is 15.4. The number of hydrogen-bond donors (Lipinski definition) is 1. The van der Waals surface area contributed by atoms with E-state index in [-0.39, 0.29) is 5.91 Å². The Balaban J connectivity index is 1.54. The lowest BCUT2D eigenvalue weighted by Gasteiger charge is -2.19. The fourth-order valence-electron chi connectivity index (χ4n) is 2.08. The number of hydrogen-bond acceptors (Lipinski definition) is 5. The van der Waals surface area contributed by atoms with Crippen molar-refractivity contribution in [1.82, 2.24) is 20.1 Å². The molecule has 0 aromatic carbocycles. The van der Waals surface area contributed by atoms with Crippen LogP contribution >= 0.6 is 23.1 Å². The summed E-state index contributed by atoms with van der Waals surface area (Å²) in [6, 6.07) is 4.04. The summed E-state index contributed by atoms with van der Waals surface area (Å²) in [4.78, 5) is 19.8. The number of aromatic nitrogens is 3. The molecule has 2 aromatic heterocycles. The lowest BCUT2D eigenvalue weighted by Crippen LogP contribution is -2.31. The van der Waals surface area contributed by atoms with E-state index in [4.69, 9.17) is 0 Å². The van der Waals surface area contributed by atoms with Gasteiger partial charge >= 0.3 is 0 Å². The largest absolute Gasteiger partial charge is 0.333 e. The molecule has 0 bridgehead atoms. The average molecular weight is 334 g/mol. The number of carbonyl (C=O) groups excluding carboxylic acids is 1. The molecule has 0 saturated heterocycles. The molecular weight excluding hydrogens is 316 g/mol. The summed E-state index contributed by atoms with van der Waals surface area (Å²) < 4.78 is 0. The van der Waals surface area contributed by atoms with Crippen LogP contribution in [0.25, 0.3) is 0 Å². The molecule has 2 aromatic rings. The lowest BCUT2D eigenvalue weighted by atomic mass is 10.4. The Bertz CT molecular complexity index is 634. The third-order valence-corrected chi connectivity index (χ3v) is 5.09. The van der Waals surface area contributed by atoms with Crippen molar-refractivity contribution >= 4 is 29.0 Å². The van der Waals surface area contributed by atoms with Crippen molar-refractivity contribution in [1.29, 1.82) is 0 Å². The second-order valence-corrected chi connectivity index (χ2v) is 7.18. The molecule has 1 aliphatic rings. The molecule has 22 heavy (non-hydrogen) atoms. The van der Waals surface area contributed by atoms with E-state index in [2.05, 4.69) is 21.8 Å². The van der Waals surface area contributed by atoms with E-state index in [0.717, 1.165) is 5.82 Å². The van der Waals surface area contributed by atoms with Crippen molar-refractivity contribution in [3.05, 3.63) is 40.9 Å². The van der Waals surface area contributed by atoms with Crippen LogP contribution in [-0.4, -0.2) is 38.3 Å². The SMILES string of the molecule is C=CCN(Cc1cccs1)C(=O)CSc1n[nH]c(C2CC2)n1. The molecule has 5 nitrogen and oxygen atoms in total. The number of carbonyl (C=O) groups is 1. The zero-order valence-corrected chi connectivity index (χ0v) is 13.8. The van der Waals surface area contributed by atoms with Gasteiger partial charge in [0.15, 0.2) is 0 Å². The normalized spacial score (nSPS) is 14.0.